The molecule has 0 amide bonds. The maximum atomic E-state index is 15.9. The molecule has 2 aromatic heterocycles. The average Bonchev–Trinajstić information content (AvgIpc) is 3.71. The van der Waals surface area contributed by atoms with E-state index in [1.807, 2.05) is 0 Å². The Hall–Kier alpha value is -4.20. The molecule has 13 heteroatoms. The third kappa shape index (κ3) is 7.53. The van der Waals surface area contributed by atoms with Crippen molar-refractivity contribution >= 4 is 33.5 Å². The molecule has 3 aliphatic rings. The third-order valence-electron chi connectivity index (χ3n) is 8.93. The van der Waals surface area contributed by atoms with E-state index in [1.54, 1.807) is 6.07 Å². The quantitative estimate of drug-likeness (QED) is 0.206. The van der Waals surface area contributed by atoms with Crippen LogP contribution in [0.2, 0.25) is 0 Å². The summed E-state index contributed by atoms with van der Waals surface area (Å²) in [6.07, 6.45) is 7.47. The minimum Gasteiger partial charge on any atom is -0.508 e. The second kappa shape index (κ2) is 14.7. The number of hydrogen-bond acceptors (Lipinski definition) is 10. The van der Waals surface area contributed by atoms with E-state index in [4.69, 9.17) is 14.6 Å². The van der Waals surface area contributed by atoms with Gasteiger partial charge in [0.15, 0.2) is 5.82 Å². The average molecular weight is 651 g/mol. The molecular weight excluding hydrogens is 610 g/mol. The number of hydrogen-bond donors (Lipinski definition) is 3. The third-order valence-corrected chi connectivity index (χ3v) is 8.93. The summed E-state index contributed by atoms with van der Waals surface area (Å²) in [5.41, 5.74) is 0.1000. The maximum Gasteiger partial charge on any atom is 0.318 e. The smallest absolute Gasteiger partial charge is 0.318 e. The predicted molar refractivity (Wildman–Crippen MR) is 174 cm³/mol. The Labute approximate surface area is 271 Å². The number of benzene rings is 2. The summed E-state index contributed by atoms with van der Waals surface area (Å²) >= 11 is 0. The zero-order valence-electron chi connectivity index (χ0n) is 26.4. The van der Waals surface area contributed by atoms with Gasteiger partial charge >= 0.3 is 12.0 Å². The van der Waals surface area contributed by atoms with Crippen LogP contribution in [0.5, 0.6) is 11.8 Å². The van der Waals surface area contributed by atoms with E-state index in [0.29, 0.717) is 41.9 Å². The normalized spacial score (nSPS) is 19.3. The first-order valence-corrected chi connectivity index (χ1v) is 16.2. The second-order valence-corrected chi connectivity index (χ2v) is 12.2. The molecule has 2 atom stereocenters. The minimum absolute atomic E-state index is 0.0422. The molecule has 0 radical (unpaired) electrons. The molecular formula is C34H40F2N6O5. The highest BCUT2D eigenvalue weighted by atomic mass is 19.1. The maximum absolute atomic E-state index is 15.9. The number of carboxylic acid groups (broad SMARTS) is 1. The first-order valence-electron chi connectivity index (χ1n) is 16.2. The molecule has 47 heavy (non-hydrogen) atoms. The number of likely N-dealkylation sites (tertiary alicyclic amines) is 1. The van der Waals surface area contributed by atoms with E-state index in [1.165, 1.54) is 63.5 Å². The number of nitrogens with one attached hydrogen (secondary N) is 1. The highest BCUT2D eigenvalue weighted by Crippen LogP contribution is 2.38. The minimum atomic E-state index is -0.787. The monoisotopic (exact) mass is 650 g/mol. The van der Waals surface area contributed by atoms with E-state index >= 15 is 4.39 Å². The van der Waals surface area contributed by atoms with Crippen molar-refractivity contribution in [2.75, 3.05) is 57.9 Å². The molecule has 0 aliphatic carbocycles. The second-order valence-electron chi connectivity index (χ2n) is 12.2. The van der Waals surface area contributed by atoms with Crippen molar-refractivity contribution in [3.05, 3.63) is 48.2 Å². The Morgan fingerprint density at radius 2 is 1.85 bits per heavy atom. The van der Waals surface area contributed by atoms with Crippen molar-refractivity contribution in [2.24, 2.45) is 0 Å². The number of pyridine rings is 1. The molecule has 11 nitrogen and oxygen atoms in total. The fourth-order valence-electron chi connectivity index (χ4n) is 6.72. The number of ether oxygens (including phenoxy) is 2. The van der Waals surface area contributed by atoms with Crippen LogP contribution in [-0.2, 0) is 9.53 Å². The van der Waals surface area contributed by atoms with Gasteiger partial charge in [0, 0.05) is 55.5 Å². The lowest BCUT2D eigenvalue weighted by atomic mass is 9.99. The number of phenols is 1. The van der Waals surface area contributed by atoms with Crippen molar-refractivity contribution < 1.29 is 33.3 Å². The fourth-order valence-corrected chi connectivity index (χ4v) is 6.72. The zero-order valence-corrected chi connectivity index (χ0v) is 26.4. The molecule has 0 saturated carbocycles. The number of aliphatic carboxylic acids is 1. The van der Waals surface area contributed by atoms with Crippen LogP contribution in [-0.4, -0.2) is 101 Å². The first kappa shape index (κ1) is 32.7. The van der Waals surface area contributed by atoms with Gasteiger partial charge < -0.3 is 34.8 Å². The summed E-state index contributed by atoms with van der Waals surface area (Å²) in [7, 11) is 1.44. The standard InChI is InChI=1S/C24H21F2N5O2.C10H19NO3/c1-33-24-29-22-17(23(30-24)31-10-13-5-6-14(11-31)28-13)9-27-21(20(22)26)16-8-15(32)7-12-3-2-4-18(25)19(12)16;12-10(13)4-9-14-8-3-7-11-5-1-2-6-11/h2-4,7-9,13-14,28,32H,5-6,10-11H2,1H3;1-9H2,(H,12,13). The number of nitrogens with zero attached hydrogens (tertiary/aromatic N) is 5. The van der Waals surface area contributed by atoms with Gasteiger partial charge in [-0.25, -0.2) is 8.78 Å². The van der Waals surface area contributed by atoms with E-state index < -0.39 is 17.6 Å². The molecule has 5 heterocycles. The molecule has 3 saturated heterocycles. The fraction of sp³-hybridized carbons (Fsp3) is 0.471. The number of aromatic nitrogens is 3. The number of fused-ring (bicyclic) bond motifs is 4. The Kier molecular flexibility index (Phi) is 10.2. The van der Waals surface area contributed by atoms with E-state index in [0.717, 1.165) is 38.9 Å². The van der Waals surface area contributed by atoms with Crippen molar-refractivity contribution in [1.82, 2.24) is 25.2 Å². The van der Waals surface area contributed by atoms with E-state index in [2.05, 4.69) is 30.1 Å². The molecule has 250 valence electrons. The van der Waals surface area contributed by atoms with Gasteiger partial charge in [0.2, 0.25) is 0 Å². The Morgan fingerprint density at radius 3 is 2.57 bits per heavy atom. The Balaban J connectivity index is 0.000000233. The number of carboxylic acids is 1. The number of carbonyl (C=O) groups is 1. The topological polar surface area (TPSA) is 133 Å². The van der Waals surface area contributed by atoms with Crippen LogP contribution >= 0.6 is 0 Å². The summed E-state index contributed by atoms with van der Waals surface area (Å²) in [6, 6.07) is 8.00. The lowest BCUT2D eigenvalue weighted by Gasteiger charge is -2.34. The summed E-state index contributed by atoms with van der Waals surface area (Å²) in [5.74, 6) is -1.57. The number of piperazine rings is 1. The largest absolute Gasteiger partial charge is 0.508 e. The molecule has 4 aromatic rings. The number of phenolic OH excluding ortho intramolecular Hbond substituents is 1. The number of anilines is 1. The summed E-state index contributed by atoms with van der Waals surface area (Å²) in [4.78, 5) is 27.8. The van der Waals surface area contributed by atoms with Crippen LogP contribution in [0.4, 0.5) is 14.6 Å². The van der Waals surface area contributed by atoms with Crippen LogP contribution in [0.25, 0.3) is 32.9 Å². The van der Waals surface area contributed by atoms with Crippen molar-refractivity contribution in [3.8, 4) is 23.0 Å². The summed E-state index contributed by atoms with van der Waals surface area (Å²) in [5, 5.41) is 23.2. The molecule has 2 bridgehead atoms. The zero-order chi connectivity index (χ0) is 32.9. The SMILES string of the molecule is COc1nc(N2CC3CCC(C2)N3)c2cnc(-c3cc(O)cc4cccc(F)c34)c(F)c2n1.O=C(O)CCOCCCN1CCCC1. The molecule has 2 aromatic carbocycles. The molecule has 3 N–H and O–H groups in total. The van der Waals surface area contributed by atoms with Crippen molar-refractivity contribution in [1.29, 1.82) is 0 Å². The molecule has 3 fully saturated rings. The molecule has 3 aliphatic heterocycles. The van der Waals surface area contributed by atoms with Crippen molar-refractivity contribution in [3.63, 3.8) is 0 Å². The van der Waals surface area contributed by atoms with Gasteiger partial charge in [0.05, 0.1) is 25.5 Å². The van der Waals surface area contributed by atoms with E-state index in [9.17, 15) is 14.3 Å². The van der Waals surface area contributed by atoms with Gasteiger partial charge in [0.25, 0.3) is 0 Å². The van der Waals surface area contributed by atoms with Gasteiger partial charge in [-0.05, 0) is 68.8 Å². The van der Waals surface area contributed by atoms with Crippen LogP contribution in [0.3, 0.4) is 0 Å². The van der Waals surface area contributed by atoms with Gasteiger partial charge in [-0.1, -0.05) is 12.1 Å². The van der Waals surface area contributed by atoms with Gasteiger partial charge in [-0.2, -0.15) is 9.97 Å². The number of aromatic hydroxyl groups is 1. The Morgan fingerprint density at radius 1 is 1.09 bits per heavy atom. The van der Waals surface area contributed by atoms with Gasteiger partial charge in [0.1, 0.15) is 28.6 Å². The number of methoxy groups -OCH3 is 1. The van der Waals surface area contributed by atoms with Gasteiger partial charge in [-0.3, -0.25) is 9.78 Å². The molecule has 0 spiro atoms. The highest BCUT2D eigenvalue weighted by Gasteiger charge is 2.34. The van der Waals surface area contributed by atoms with Crippen LogP contribution < -0.4 is 15.0 Å². The van der Waals surface area contributed by atoms with E-state index in [-0.39, 0.29) is 40.3 Å². The van der Waals surface area contributed by atoms with Crippen LogP contribution in [0.15, 0.2) is 36.5 Å². The number of halogens is 2. The lowest BCUT2D eigenvalue weighted by Crippen LogP contribution is -2.51. The van der Waals surface area contributed by atoms with Crippen LogP contribution in [0, 0.1) is 11.6 Å². The first-order chi connectivity index (χ1) is 22.8. The molecule has 7 rings (SSSR count). The lowest BCUT2D eigenvalue weighted by molar-refractivity contribution is -0.138. The highest BCUT2D eigenvalue weighted by molar-refractivity contribution is 6.00. The van der Waals surface area contributed by atoms with Crippen LogP contribution in [0.1, 0.15) is 38.5 Å². The molecule has 2 unspecified atom stereocenters. The summed E-state index contributed by atoms with van der Waals surface area (Å²) < 4.78 is 41.1. The van der Waals surface area contributed by atoms with Crippen molar-refractivity contribution in [2.45, 2.75) is 50.6 Å². The summed E-state index contributed by atoms with van der Waals surface area (Å²) in [6.45, 7) is 6.05. The number of rotatable bonds is 10. The predicted octanol–water partition coefficient (Wildman–Crippen LogP) is 4.74. The van der Waals surface area contributed by atoms with Gasteiger partial charge in [-0.15, -0.1) is 0 Å². The Bertz CT molecular complexity index is 1730.